The Morgan fingerprint density at radius 2 is 2.50 bits per heavy atom. The van der Waals surface area contributed by atoms with E-state index in [0.717, 1.165) is 6.54 Å². The van der Waals surface area contributed by atoms with Gasteiger partial charge in [0.15, 0.2) is 0 Å². The summed E-state index contributed by atoms with van der Waals surface area (Å²) in [7, 11) is 0. The highest BCUT2D eigenvalue weighted by Gasteiger charge is 2.00. The molecular weight excluding hydrogens is 98.1 g/mol. The van der Waals surface area contributed by atoms with Gasteiger partial charge in [0, 0.05) is 6.54 Å². The molecular formula is C7H13N. The van der Waals surface area contributed by atoms with Gasteiger partial charge in [-0.25, -0.2) is 0 Å². The first-order chi connectivity index (χ1) is 3.93. The third-order valence-corrected chi connectivity index (χ3v) is 1.61. The van der Waals surface area contributed by atoms with E-state index in [1.54, 1.807) is 5.57 Å². The number of hydrogen-bond acceptors (Lipinski definition) is 1. The summed E-state index contributed by atoms with van der Waals surface area (Å²) in [6.07, 6.45) is 4.84. The van der Waals surface area contributed by atoms with Crippen molar-refractivity contribution in [2.75, 3.05) is 13.1 Å². The van der Waals surface area contributed by atoms with Crippen LogP contribution in [0.3, 0.4) is 0 Å². The second-order valence-corrected chi connectivity index (χ2v) is 2.23. The Labute approximate surface area is 50.8 Å². The average Bonchev–Trinajstić information content (AvgIpc) is 1.90. The Morgan fingerprint density at radius 1 is 1.62 bits per heavy atom. The van der Waals surface area contributed by atoms with Crippen LogP contribution in [0, 0.1) is 0 Å². The molecule has 1 nitrogen and oxygen atoms in total. The fourth-order valence-corrected chi connectivity index (χ4v) is 1.02. The highest BCUT2D eigenvalue weighted by Crippen LogP contribution is 2.06. The van der Waals surface area contributed by atoms with Crippen LogP contribution in [0.4, 0.5) is 0 Å². The molecule has 1 N–H and O–H groups in total. The lowest BCUT2D eigenvalue weighted by Crippen LogP contribution is -2.23. The van der Waals surface area contributed by atoms with E-state index in [2.05, 4.69) is 18.3 Å². The number of nitrogens with one attached hydrogen (secondary N) is 1. The largest absolute Gasteiger partial charge is 0.313 e. The minimum atomic E-state index is 1.12. The van der Waals surface area contributed by atoms with Gasteiger partial charge in [0.1, 0.15) is 0 Å². The molecule has 0 saturated carbocycles. The fraction of sp³-hybridized carbons (Fsp3) is 0.714. The maximum Gasteiger partial charge on any atom is 0.0164 e. The van der Waals surface area contributed by atoms with E-state index in [-0.39, 0.29) is 0 Å². The first-order valence-electron chi connectivity index (χ1n) is 3.28. The molecule has 46 valence electrons. The Balaban J connectivity index is 2.33. The zero-order valence-electron chi connectivity index (χ0n) is 5.41. The van der Waals surface area contributed by atoms with E-state index >= 15 is 0 Å². The smallest absolute Gasteiger partial charge is 0.0164 e. The molecule has 1 aliphatic heterocycles. The molecule has 0 aliphatic carbocycles. The summed E-state index contributed by atoms with van der Waals surface area (Å²) in [5.41, 5.74) is 1.57. The highest BCUT2D eigenvalue weighted by atomic mass is 14.9. The summed E-state index contributed by atoms with van der Waals surface area (Å²) in [6, 6.07) is 0. The van der Waals surface area contributed by atoms with Crippen molar-refractivity contribution in [1.29, 1.82) is 0 Å². The lowest BCUT2D eigenvalue weighted by Gasteiger charge is -2.13. The third kappa shape index (κ3) is 1.34. The fourth-order valence-electron chi connectivity index (χ4n) is 1.02. The monoisotopic (exact) mass is 111 g/mol. The zero-order valence-corrected chi connectivity index (χ0v) is 5.41. The van der Waals surface area contributed by atoms with Gasteiger partial charge in [0.2, 0.25) is 0 Å². The van der Waals surface area contributed by atoms with Crippen molar-refractivity contribution in [1.82, 2.24) is 5.32 Å². The standard InChI is InChI=1S/C7H13N/c1-2-7-4-3-5-8-6-7/h2,8H,3-6H2,1H3/b7-2-. The van der Waals surface area contributed by atoms with Crippen molar-refractivity contribution >= 4 is 0 Å². The molecule has 1 saturated heterocycles. The molecule has 0 unspecified atom stereocenters. The Morgan fingerprint density at radius 3 is 2.88 bits per heavy atom. The van der Waals surface area contributed by atoms with Gasteiger partial charge in [-0.15, -0.1) is 0 Å². The van der Waals surface area contributed by atoms with E-state index in [0.29, 0.717) is 0 Å². The van der Waals surface area contributed by atoms with Crippen LogP contribution in [0.5, 0.6) is 0 Å². The highest BCUT2D eigenvalue weighted by molar-refractivity contribution is 5.04. The Kier molecular flexibility index (Phi) is 2.10. The van der Waals surface area contributed by atoms with Crippen molar-refractivity contribution in [2.24, 2.45) is 0 Å². The molecule has 0 aromatic carbocycles. The molecule has 0 radical (unpaired) electrons. The van der Waals surface area contributed by atoms with Crippen molar-refractivity contribution in [2.45, 2.75) is 19.8 Å². The van der Waals surface area contributed by atoms with Crippen LogP contribution >= 0.6 is 0 Å². The van der Waals surface area contributed by atoms with Gasteiger partial charge in [0.25, 0.3) is 0 Å². The van der Waals surface area contributed by atoms with E-state index in [1.165, 1.54) is 19.4 Å². The minimum absolute atomic E-state index is 1.12. The first-order valence-corrected chi connectivity index (χ1v) is 3.28. The number of rotatable bonds is 0. The summed E-state index contributed by atoms with van der Waals surface area (Å²) >= 11 is 0. The van der Waals surface area contributed by atoms with Gasteiger partial charge >= 0.3 is 0 Å². The van der Waals surface area contributed by atoms with Gasteiger partial charge in [-0.1, -0.05) is 11.6 Å². The summed E-state index contributed by atoms with van der Waals surface area (Å²) in [6.45, 7) is 4.44. The van der Waals surface area contributed by atoms with E-state index < -0.39 is 0 Å². The van der Waals surface area contributed by atoms with E-state index in [9.17, 15) is 0 Å². The lowest BCUT2D eigenvalue weighted by atomic mass is 10.1. The van der Waals surface area contributed by atoms with Gasteiger partial charge in [0.05, 0.1) is 0 Å². The maximum absolute atomic E-state index is 3.32. The second kappa shape index (κ2) is 2.88. The van der Waals surface area contributed by atoms with Crippen LogP contribution in [0.15, 0.2) is 11.6 Å². The van der Waals surface area contributed by atoms with Crippen LogP contribution in [-0.2, 0) is 0 Å². The van der Waals surface area contributed by atoms with E-state index in [1.807, 2.05) is 0 Å². The molecule has 0 atom stereocenters. The van der Waals surface area contributed by atoms with Crippen LogP contribution < -0.4 is 5.32 Å². The van der Waals surface area contributed by atoms with Crippen LogP contribution in [0.25, 0.3) is 0 Å². The predicted molar refractivity (Wildman–Crippen MR) is 35.9 cm³/mol. The molecule has 0 spiro atoms. The molecule has 8 heavy (non-hydrogen) atoms. The lowest BCUT2D eigenvalue weighted by molar-refractivity contribution is 0.609. The van der Waals surface area contributed by atoms with Crippen LogP contribution in [0.1, 0.15) is 19.8 Å². The molecule has 0 bridgehead atoms. The zero-order chi connectivity index (χ0) is 5.82. The molecule has 1 fully saturated rings. The third-order valence-electron chi connectivity index (χ3n) is 1.61. The van der Waals surface area contributed by atoms with Gasteiger partial charge in [-0.2, -0.15) is 0 Å². The molecule has 0 aromatic heterocycles. The van der Waals surface area contributed by atoms with Crippen LogP contribution in [0.2, 0.25) is 0 Å². The predicted octanol–water partition coefficient (Wildman–Crippen LogP) is 1.32. The Hall–Kier alpha value is -0.300. The van der Waals surface area contributed by atoms with Gasteiger partial charge in [-0.3, -0.25) is 0 Å². The van der Waals surface area contributed by atoms with E-state index in [4.69, 9.17) is 0 Å². The van der Waals surface area contributed by atoms with Crippen molar-refractivity contribution < 1.29 is 0 Å². The average molecular weight is 111 g/mol. The number of allylic oxidation sites excluding steroid dienone is 1. The summed E-state index contributed by atoms with van der Waals surface area (Å²) in [5, 5.41) is 3.32. The number of hydrogen-bond donors (Lipinski definition) is 1. The quantitative estimate of drug-likeness (QED) is 0.465. The van der Waals surface area contributed by atoms with Crippen molar-refractivity contribution in [3.05, 3.63) is 11.6 Å². The molecule has 1 heteroatoms. The Bertz CT molecular complexity index is 86.6. The number of piperidine rings is 1. The summed E-state index contributed by atoms with van der Waals surface area (Å²) in [4.78, 5) is 0. The molecule has 1 rings (SSSR count). The molecule has 1 heterocycles. The normalized spacial score (nSPS) is 26.4. The topological polar surface area (TPSA) is 12.0 Å². The molecule has 0 amide bonds. The maximum atomic E-state index is 3.32. The SMILES string of the molecule is C/C=C1/CCCNC1. The van der Waals surface area contributed by atoms with Gasteiger partial charge < -0.3 is 5.32 Å². The first kappa shape index (κ1) is 5.83. The second-order valence-electron chi connectivity index (χ2n) is 2.23. The van der Waals surface area contributed by atoms with Crippen molar-refractivity contribution in [3.8, 4) is 0 Å². The molecule has 1 aliphatic rings. The summed E-state index contributed by atoms with van der Waals surface area (Å²) < 4.78 is 0. The van der Waals surface area contributed by atoms with Crippen molar-refractivity contribution in [3.63, 3.8) is 0 Å². The minimum Gasteiger partial charge on any atom is -0.313 e. The summed E-state index contributed by atoms with van der Waals surface area (Å²) in [5.74, 6) is 0. The van der Waals surface area contributed by atoms with Crippen LogP contribution in [-0.4, -0.2) is 13.1 Å². The van der Waals surface area contributed by atoms with Gasteiger partial charge in [-0.05, 0) is 26.3 Å². The molecule has 0 aromatic rings.